The molecule has 7 nitrogen and oxygen atoms in total. The van der Waals surface area contributed by atoms with Crippen molar-refractivity contribution in [2.24, 2.45) is 5.92 Å². The quantitative estimate of drug-likeness (QED) is 0.676. The molecule has 0 spiro atoms. The summed E-state index contributed by atoms with van der Waals surface area (Å²) in [6.07, 6.45) is 2.63. The van der Waals surface area contributed by atoms with Gasteiger partial charge in [0.1, 0.15) is 4.90 Å². The van der Waals surface area contributed by atoms with Crippen LogP contribution in [0.1, 0.15) is 23.4 Å². The molecule has 3 heterocycles. The molecule has 0 unspecified atom stereocenters. The van der Waals surface area contributed by atoms with E-state index in [2.05, 4.69) is 10.0 Å². The molecule has 1 fully saturated rings. The molecule has 2 aliphatic rings. The summed E-state index contributed by atoms with van der Waals surface area (Å²) in [5.74, 6) is 0.340. The Kier molecular flexibility index (Phi) is 4.33. The monoisotopic (exact) mass is 411 g/mol. The molecule has 1 aromatic heterocycles. The number of benzene rings is 2. The average molecular weight is 411 g/mol. The van der Waals surface area contributed by atoms with Gasteiger partial charge in [0.2, 0.25) is 10.0 Å². The first-order valence-corrected chi connectivity index (χ1v) is 11.1. The summed E-state index contributed by atoms with van der Waals surface area (Å²) in [5.41, 5.74) is 0.622. The van der Waals surface area contributed by atoms with Gasteiger partial charge in [0, 0.05) is 23.9 Å². The minimum Gasteiger partial charge on any atom is -0.458 e. The van der Waals surface area contributed by atoms with E-state index in [-0.39, 0.29) is 22.9 Å². The summed E-state index contributed by atoms with van der Waals surface area (Å²) >= 11 is 0. The Labute approximate surface area is 168 Å². The van der Waals surface area contributed by atoms with Gasteiger partial charge >= 0.3 is 0 Å². The maximum Gasteiger partial charge on any atom is 0.290 e. The van der Waals surface area contributed by atoms with E-state index >= 15 is 0 Å². The standard InChI is InChI=1S/C21H21N3O4S/c25-21(19-16-6-2-1-5-15(16)13-28-19)24-11-9-14(10-12-24)20-22-17-7-3-4-8-18(17)29(26,27)23-20/h1-8,13-14,20,22-23H,9-12H2/t20-/m0/s1. The highest BCUT2D eigenvalue weighted by Gasteiger charge is 2.36. The van der Waals surface area contributed by atoms with Crippen LogP contribution in [0.3, 0.4) is 0 Å². The number of rotatable bonds is 2. The largest absolute Gasteiger partial charge is 0.458 e. The molecule has 1 atom stereocenters. The lowest BCUT2D eigenvalue weighted by molar-refractivity contribution is 0.0650. The van der Waals surface area contributed by atoms with Crippen LogP contribution < -0.4 is 10.0 Å². The van der Waals surface area contributed by atoms with Gasteiger partial charge in [-0.25, -0.2) is 8.42 Å². The van der Waals surface area contributed by atoms with Crippen molar-refractivity contribution < 1.29 is 17.6 Å². The predicted octanol–water partition coefficient (Wildman–Crippen LogP) is 3.02. The number of para-hydroxylation sites is 1. The van der Waals surface area contributed by atoms with Crippen LogP contribution >= 0.6 is 0 Å². The lowest BCUT2D eigenvalue weighted by Crippen LogP contribution is -2.52. The zero-order chi connectivity index (χ0) is 20.0. The molecule has 5 rings (SSSR count). The van der Waals surface area contributed by atoms with Gasteiger partial charge in [-0.2, -0.15) is 4.72 Å². The molecule has 2 N–H and O–H groups in total. The summed E-state index contributed by atoms with van der Waals surface area (Å²) in [6, 6.07) is 14.5. The number of anilines is 1. The summed E-state index contributed by atoms with van der Waals surface area (Å²) < 4.78 is 33.4. The van der Waals surface area contributed by atoms with Crippen LogP contribution in [0.5, 0.6) is 0 Å². The zero-order valence-electron chi connectivity index (χ0n) is 15.7. The number of hydrogen-bond acceptors (Lipinski definition) is 5. The van der Waals surface area contributed by atoms with Crippen molar-refractivity contribution in [3.05, 3.63) is 60.6 Å². The molecule has 2 aliphatic heterocycles. The minimum atomic E-state index is -3.54. The molecule has 0 saturated carbocycles. The summed E-state index contributed by atoms with van der Waals surface area (Å²) in [4.78, 5) is 15.0. The molecular weight excluding hydrogens is 390 g/mol. The van der Waals surface area contributed by atoms with E-state index in [0.717, 1.165) is 10.8 Å². The Morgan fingerprint density at radius 2 is 1.76 bits per heavy atom. The van der Waals surface area contributed by atoms with E-state index in [9.17, 15) is 13.2 Å². The number of piperidine rings is 1. The second kappa shape index (κ2) is 6.89. The Hall–Kier alpha value is -2.84. The van der Waals surface area contributed by atoms with Gasteiger partial charge in [-0.1, -0.05) is 36.4 Å². The van der Waals surface area contributed by atoms with E-state index in [1.54, 1.807) is 29.4 Å². The third-order valence-electron chi connectivity index (χ3n) is 5.77. The molecule has 0 aliphatic carbocycles. The zero-order valence-corrected chi connectivity index (χ0v) is 16.5. The van der Waals surface area contributed by atoms with Gasteiger partial charge in [-0.3, -0.25) is 4.79 Å². The number of carbonyl (C=O) groups excluding carboxylic acids is 1. The lowest BCUT2D eigenvalue weighted by Gasteiger charge is -2.38. The van der Waals surface area contributed by atoms with Crippen molar-refractivity contribution in [2.75, 3.05) is 18.4 Å². The van der Waals surface area contributed by atoms with Gasteiger partial charge in [0.15, 0.2) is 5.76 Å². The van der Waals surface area contributed by atoms with E-state index in [0.29, 0.717) is 37.4 Å². The molecule has 1 amide bonds. The van der Waals surface area contributed by atoms with Crippen LogP contribution in [0.2, 0.25) is 0 Å². The summed E-state index contributed by atoms with van der Waals surface area (Å²) in [7, 11) is -3.54. The smallest absolute Gasteiger partial charge is 0.290 e. The molecule has 3 aromatic rings. The van der Waals surface area contributed by atoms with Crippen LogP contribution in [0.25, 0.3) is 10.8 Å². The number of fused-ring (bicyclic) bond motifs is 2. The number of nitrogens with one attached hydrogen (secondary N) is 2. The Bertz CT molecular complexity index is 1180. The highest BCUT2D eigenvalue weighted by molar-refractivity contribution is 7.89. The van der Waals surface area contributed by atoms with Crippen LogP contribution in [-0.2, 0) is 10.0 Å². The van der Waals surface area contributed by atoms with Crippen LogP contribution in [-0.4, -0.2) is 38.5 Å². The van der Waals surface area contributed by atoms with Crippen LogP contribution in [0.4, 0.5) is 5.69 Å². The first-order chi connectivity index (χ1) is 14.0. The number of carbonyl (C=O) groups is 1. The fourth-order valence-corrected chi connectivity index (χ4v) is 5.59. The highest BCUT2D eigenvalue weighted by atomic mass is 32.2. The van der Waals surface area contributed by atoms with Crippen LogP contribution in [0.15, 0.2) is 64.1 Å². The number of nitrogens with zero attached hydrogens (tertiary/aromatic N) is 1. The van der Waals surface area contributed by atoms with Gasteiger partial charge in [0.25, 0.3) is 5.91 Å². The van der Waals surface area contributed by atoms with Crippen LogP contribution in [0, 0.1) is 5.92 Å². The fourth-order valence-electron chi connectivity index (χ4n) is 4.20. The topological polar surface area (TPSA) is 91.7 Å². The molecule has 8 heteroatoms. The maximum atomic E-state index is 12.9. The molecule has 2 aromatic carbocycles. The number of hydrogen-bond donors (Lipinski definition) is 2. The molecular formula is C21H21N3O4S. The Morgan fingerprint density at radius 1 is 1.03 bits per heavy atom. The van der Waals surface area contributed by atoms with Crippen molar-refractivity contribution in [3.8, 4) is 0 Å². The van der Waals surface area contributed by atoms with Gasteiger partial charge in [-0.05, 0) is 30.9 Å². The molecule has 150 valence electrons. The fraction of sp³-hybridized carbons (Fsp3) is 0.286. The number of amides is 1. The molecule has 1 saturated heterocycles. The van der Waals surface area contributed by atoms with Crippen molar-refractivity contribution in [3.63, 3.8) is 0 Å². The van der Waals surface area contributed by atoms with Crippen molar-refractivity contribution >= 4 is 32.4 Å². The van der Waals surface area contributed by atoms with E-state index in [1.165, 1.54) is 0 Å². The number of furan rings is 1. The Balaban J connectivity index is 1.29. The summed E-state index contributed by atoms with van der Waals surface area (Å²) in [6.45, 7) is 1.11. The van der Waals surface area contributed by atoms with Gasteiger partial charge in [-0.15, -0.1) is 0 Å². The van der Waals surface area contributed by atoms with Crippen molar-refractivity contribution in [2.45, 2.75) is 23.9 Å². The minimum absolute atomic E-state index is 0.0931. The van der Waals surface area contributed by atoms with Gasteiger partial charge in [0.05, 0.1) is 18.1 Å². The predicted molar refractivity (Wildman–Crippen MR) is 109 cm³/mol. The maximum absolute atomic E-state index is 12.9. The second-order valence-electron chi connectivity index (χ2n) is 7.52. The number of likely N-dealkylation sites (tertiary alicyclic amines) is 1. The van der Waals surface area contributed by atoms with E-state index < -0.39 is 10.0 Å². The van der Waals surface area contributed by atoms with E-state index in [1.807, 2.05) is 30.3 Å². The first-order valence-electron chi connectivity index (χ1n) is 9.66. The SMILES string of the molecule is O=C(c1occ2ccccc12)N1CCC([C@H]2Nc3ccccc3S(=O)(=O)N2)CC1. The van der Waals surface area contributed by atoms with Crippen molar-refractivity contribution in [1.29, 1.82) is 0 Å². The first kappa shape index (κ1) is 18.2. The third-order valence-corrected chi connectivity index (χ3v) is 7.27. The molecule has 0 bridgehead atoms. The average Bonchev–Trinajstić information content (AvgIpc) is 3.17. The van der Waals surface area contributed by atoms with E-state index in [4.69, 9.17) is 4.42 Å². The Morgan fingerprint density at radius 3 is 2.59 bits per heavy atom. The summed E-state index contributed by atoms with van der Waals surface area (Å²) in [5, 5.41) is 5.03. The molecule has 0 radical (unpaired) electrons. The highest BCUT2D eigenvalue weighted by Crippen LogP contribution is 2.31. The van der Waals surface area contributed by atoms with Gasteiger partial charge < -0.3 is 14.6 Å². The van der Waals surface area contributed by atoms with Crippen molar-refractivity contribution in [1.82, 2.24) is 9.62 Å². The number of sulfonamides is 1. The lowest BCUT2D eigenvalue weighted by atomic mass is 9.93. The third kappa shape index (κ3) is 3.18. The second-order valence-corrected chi connectivity index (χ2v) is 9.20. The normalized spacial score (nSPS) is 21.5. The molecule has 29 heavy (non-hydrogen) atoms.